The zero-order chi connectivity index (χ0) is 10.8. The minimum Gasteiger partial charge on any atom is -0.350 e. The summed E-state index contributed by atoms with van der Waals surface area (Å²) < 4.78 is 26.3. The highest BCUT2D eigenvalue weighted by molar-refractivity contribution is 7.71. The van der Waals surface area contributed by atoms with Crippen LogP contribution in [0.5, 0.6) is 0 Å². The molecule has 0 spiro atoms. The standard InChI is InChI=1S/C11H7F2NS/c12-8-3-1-2-7(4-8)10-5-9(13)6-14-11(10)15/h1-6H,(H,14,15). The van der Waals surface area contributed by atoms with Crippen molar-refractivity contribution in [1.29, 1.82) is 0 Å². The van der Waals surface area contributed by atoms with Gasteiger partial charge in [-0.3, -0.25) is 0 Å². The first kappa shape index (κ1) is 9.98. The van der Waals surface area contributed by atoms with Gasteiger partial charge in [0.15, 0.2) is 0 Å². The number of H-pyrrole nitrogens is 1. The molecule has 15 heavy (non-hydrogen) atoms. The Balaban J connectivity index is 2.63. The van der Waals surface area contributed by atoms with E-state index in [0.29, 0.717) is 15.8 Å². The second kappa shape index (κ2) is 3.90. The Bertz CT molecular complexity index is 548. The Morgan fingerprint density at radius 3 is 2.60 bits per heavy atom. The maximum atomic E-state index is 13.0. The van der Waals surface area contributed by atoms with E-state index in [1.807, 2.05) is 0 Å². The van der Waals surface area contributed by atoms with Gasteiger partial charge in [0.25, 0.3) is 0 Å². The Kier molecular flexibility index (Phi) is 2.60. The van der Waals surface area contributed by atoms with Crippen molar-refractivity contribution in [3.05, 3.63) is 52.8 Å². The lowest BCUT2D eigenvalue weighted by Crippen LogP contribution is -1.86. The van der Waals surface area contributed by atoms with Gasteiger partial charge in [-0.25, -0.2) is 8.78 Å². The number of benzene rings is 1. The van der Waals surface area contributed by atoms with Crippen molar-refractivity contribution in [2.75, 3.05) is 0 Å². The molecule has 0 bridgehead atoms. The predicted molar refractivity (Wildman–Crippen MR) is 57.0 cm³/mol. The van der Waals surface area contributed by atoms with Crippen LogP contribution in [0.1, 0.15) is 0 Å². The molecule has 0 aliphatic carbocycles. The molecule has 2 rings (SSSR count). The van der Waals surface area contributed by atoms with Gasteiger partial charge >= 0.3 is 0 Å². The van der Waals surface area contributed by atoms with Crippen LogP contribution in [0.4, 0.5) is 8.78 Å². The van der Waals surface area contributed by atoms with Crippen LogP contribution in [-0.2, 0) is 0 Å². The van der Waals surface area contributed by atoms with E-state index < -0.39 is 5.82 Å². The largest absolute Gasteiger partial charge is 0.350 e. The molecular formula is C11H7F2NS. The molecule has 0 aliphatic rings. The number of rotatable bonds is 1. The van der Waals surface area contributed by atoms with Crippen molar-refractivity contribution in [3.63, 3.8) is 0 Å². The number of hydrogen-bond donors (Lipinski definition) is 1. The molecule has 0 radical (unpaired) electrons. The van der Waals surface area contributed by atoms with Crippen molar-refractivity contribution < 1.29 is 8.78 Å². The molecule has 0 aliphatic heterocycles. The molecule has 1 aromatic carbocycles. The number of aromatic amines is 1. The van der Waals surface area contributed by atoms with E-state index in [4.69, 9.17) is 12.2 Å². The fourth-order valence-corrected chi connectivity index (χ4v) is 1.56. The molecule has 4 heteroatoms. The van der Waals surface area contributed by atoms with E-state index in [0.717, 1.165) is 0 Å². The van der Waals surface area contributed by atoms with Crippen molar-refractivity contribution in [3.8, 4) is 11.1 Å². The highest BCUT2D eigenvalue weighted by Crippen LogP contribution is 2.21. The molecule has 0 saturated carbocycles. The molecule has 0 atom stereocenters. The molecule has 1 aromatic heterocycles. The third-order valence-electron chi connectivity index (χ3n) is 2.00. The van der Waals surface area contributed by atoms with E-state index in [1.54, 1.807) is 12.1 Å². The summed E-state index contributed by atoms with van der Waals surface area (Å²) >= 11 is 4.99. The smallest absolute Gasteiger partial charge is 0.139 e. The molecule has 1 heterocycles. The lowest BCUT2D eigenvalue weighted by molar-refractivity contribution is 0.620. The first-order valence-corrected chi connectivity index (χ1v) is 4.72. The monoisotopic (exact) mass is 223 g/mol. The normalized spacial score (nSPS) is 10.3. The SMILES string of the molecule is Fc1cccc(-c2cc(F)c[nH]c2=S)c1. The second-order valence-electron chi connectivity index (χ2n) is 3.07. The van der Waals surface area contributed by atoms with Gasteiger partial charge in [-0.15, -0.1) is 0 Å². The summed E-state index contributed by atoms with van der Waals surface area (Å²) in [6, 6.07) is 7.17. The highest BCUT2D eigenvalue weighted by atomic mass is 32.1. The predicted octanol–water partition coefficient (Wildman–Crippen LogP) is 3.69. The summed E-state index contributed by atoms with van der Waals surface area (Å²) in [7, 11) is 0. The fraction of sp³-hybridized carbons (Fsp3) is 0. The first-order valence-electron chi connectivity index (χ1n) is 4.31. The van der Waals surface area contributed by atoms with E-state index in [9.17, 15) is 8.78 Å². The van der Waals surface area contributed by atoms with Crippen molar-refractivity contribution in [2.45, 2.75) is 0 Å². The maximum absolute atomic E-state index is 13.0. The van der Waals surface area contributed by atoms with Crippen LogP contribution >= 0.6 is 12.2 Å². The topological polar surface area (TPSA) is 15.8 Å². The lowest BCUT2D eigenvalue weighted by Gasteiger charge is -2.01. The lowest BCUT2D eigenvalue weighted by atomic mass is 10.1. The van der Waals surface area contributed by atoms with E-state index in [1.165, 1.54) is 24.4 Å². The number of aromatic nitrogens is 1. The number of nitrogens with one attached hydrogen (secondary N) is 1. The molecule has 76 valence electrons. The van der Waals surface area contributed by atoms with Crippen LogP contribution in [0.15, 0.2) is 36.5 Å². The molecular weight excluding hydrogens is 216 g/mol. The fourth-order valence-electron chi connectivity index (χ4n) is 1.33. The minimum atomic E-state index is -0.428. The quantitative estimate of drug-likeness (QED) is 0.729. The van der Waals surface area contributed by atoms with Gasteiger partial charge in [-0.05, 0) is 23.8 Å². The average Bonchev–Trinajstić information content (AvgIpc) is 2.22. The van der Waals surface area contributed by atoms with Crippen LogP contribution < -0.4 is 0 Å². The van der Waals surface area contributed by atoms with Crippen molar-refractivity contribution in [1.82, 2.24) is 4.98 Å². The number of hydrogen-bond acceptors (Lipinski definition) is 1. The minimum absolute atomic E-state index is 0.369. The molecule has 0 unspecified atom stereocenters. The Labute approximate surface area is 90.4 Å². The summed E-state index contributed by atoms with van der Waals surface area (Å²) in [4.78, 5) is 2.60. The molecule has 0 amide bonds. The van der Waals surface area contributed by atoms with Gasteiger partial charge in [-0.2, -0.15) is 0 Å². The van der Waals surface area contributed by atoms with Crippen molar-refractivity contribution >= 4 is 12.2 Å². The van der Waals surface area contributed by atoms with Gasteiger partial charge < -0.3 is 4.98 Å². The molecule has 1 N–H and O–H groups in total. The van der Waals surface area contributed by atoms with Crippen LogP contribution in [0.3, 0.4) is 0 Å². The van der Waals surface area contributed by atoms with E-state index in [2.05, 4.69) is 4.98 Å². The Hall–Kier alpha value is -1.55. The second-order valence-corrected chi connectivity index (χ2v) is 3.48. The number of halogens is 2. The molecule has 1 nitrogen and oxygen atoms in total. The van der Waals surface area contributed by atoms with Crippen LogP contribution in [0.25, 0.3) is 11.1 Å². The summed E-state index contributed by atoms with van der Waals surface area (Å²) in [5.41, 5.74) is 1.06. The van der Waals surface area contributed by atoms with Gasteiger partial charge in [-0.1, -0.05) is 24.4 Å². The first-order chi connectivity index (χ1) is 7.16. The number of pyridine rings is 1. The van der Waals surface area contributed by atoms with Gasteiger partial charge in [0.1, 0.15) is 16.3 Å². The summed E-state index contributed by atoms with van der Waals surface area (Å²) in [6.07, 6.45) is 1.17. The summed E-state index contributed by atoms with van der Waals surface area (Å²) in [5.74, 6) is -0.797. The average molecular weight is 223 g/mol. The highest BCUT2D eigenvalue weighted by Gasteiger charge is 2.03. The maximum Gasteiger partial charge on any atom is 0.139 e. The zero-order valence-electron chi connectivity index (χ0n) is 7.63. The third kappa shape index (κ3) is 2.10. The zero-order valence-corrected chi connectivity index (χ0v) is 8.44. The third-order valence-corrected chi connectivity index (χ3v) is 2.34. The molecule has 0 fully saturated rings. The van der Waals surface area contributed by atoms with Gasteiger partial charge in [0, 0.05) is 11.8 Å². The summed E-state index contributed by atoms with van der Waals surface area (Å²) in [5, 5.41) is 0. The van der Waals surface area contributed by atoms with E-state index in [-0.39, 0.29) is 5.82 Å². The van der Waals surface area contributed by atoms with Crippen molar-refractivity contribution in [2.24, 2.45) is 0 Å². The van der Waals surface area contributed by atoms with Crippen LogP contribution in [-0.4, -0.2) is 4.98 Å². The Morgan fingerprint density at radius 2 is 1.87 bits per heavy atom. The van der Waals surface area contributed by atoms with Gasteiger partial charge in [0.2, 0.25) is 0 Å². The van der Waals surface area contributed by atoms with Crippen LogP contribution in [0, 0.1) is 16.3 Å². The van der Waals surface area contributed by atoms with Gasteiger partial charge in [0.05, 0.1) is 0 Å². The Morgan fingerprint density at radius 1 is 1.07 bits per heavy atom. The molecule has 2 aromatic rings. The van der Waals surface area contributed by atoms with Crippen LogP contribution in [0.2, 0.25) is 0 Å². The molecule has 0 saturated heterocycles. The summed E-state index contributed by atoms with van der Waals surface area (Å²) in [6.45, 7) is 0. The van der Waals surface area contributed by atoms with E-state index >= 15 is 0 Å².